The van der Waals surface area contributed by atoms with Gasteiger partial charge in [0.05, 0.1) is 19.3 Å². The third kappa shape index (κ3) is 6.63. The van der Waals surface area contributed by atoms with Gasteiger partial charge in [-0.1, -0.05) is 23.7 Å². The van der Waals surface area contributed by atoms with E-state index in [4.69, 9.17) is 25.8 Å². The van der Waals surface area contributed by atoms with Gasteiger partial charge in [-0.15, -0.1) is 0 Å². The molecule has 190 valence electrons. The van der Waals surface area contributed by atoms with Crippen LogP contribution >= 0.6 is 11.6 Å². The lowest BCUT2D eigenvalue weighted by atomic mass is 10.2. The van der Waals surface area contributed by atoms with Crippen molar-refractivity contribution in [3.8, 4) is 0 Å². The smallest absolute Gasteiger partial charge is 0.413 e. The van der Waals surface area contributed by atoms with Crippen LogP contribution in [-0.2, 0) is 23.8 Å². The maximum absolute atomic E-state index is 12.9. The van der Waals surface area contributed by atoms with Gasteiger partial charge in [0, 0.05) is 42.0 Å². The van der Waals surface area contributed by atoms with Gasteiger partial charge in [-0.2, -0.15) is 0 Å². The highest BCUT2D eigenvalue weighted by molar-refractivity contribution is 6.30. The number of amides is 3. The minimum atomic E-state index is -0.769. The molecule has 1 N–H and O–H groups in total. The number of anilines is 2. The van der Waals surface area contributed by atoms with Crippen LogP contribution in [0.1, 0.15) is 18.9 Å². The van der Waals surface area contributed by atoms with Crippen LogP contribution in [0.5, 0.6) is 0 Å². The van der Waals surface area contributed by atoms with Crippen molar-refractivity contribution in [3.63, 3.8) is 0 Å². The van der Waals surface area contributed by atoms with Crippen molar-refractivity contribution < 1.29 is 28.6 Å². The number of morpholine rings is 1. The molecule has 0 saturated carbocycles. The summed E-state index contributed by atoms with van der Waals surface area (Å²) in [5.41, 5.74) is 2.05. The molecule has 0 radical (unpaired) electrons. The predicted octanol–water partition coefficient (Wildman–Crippen LogP) is 3.93. The minimum Gasteiger partial charge on any atom is -0.425 e. The fourth-order valence-electron chi connectivity index (χ4n) is 4.09. The van der Waals surface area contributed by atoms with Gasteiger partial charge in [0.15, 0.2) is 6.23 Å². The fourth-order valence-corrected chi connectivity index (χ4v) is 4.21. The van der Waals surface area contributed by atoms with Gasteiger partial charge >= 0.3 is 6.09 Å². The zero-order valence-electron chi connectivity index (χ0n) is 19.9. The van der Waals surface area contributed by atoms with Crippen LogP contribution in [0.2, 0.25) is 5.02 Å². The van der Waals surface area contributed by atoms with E-state index in [9.17, 15) is 14.4 Å². The number of ether oxygens (including phenoxy) is 3. The summed E-state index contributed by atoms with van der Waals surface area (Å²) in [5.74, 6) is -0.397. The van der Waals surface area contributed by atoms with Gasteiger partial charge in [-0.25, -0.2) is 4.79 Å². The topological polar surface area (TPSA) is 97.4 Å². The highest BCUT2D eigenvalue weighted by Crippen LogP contribution is 2.24. The number of carbonyl (C=O) groups is 3. The molecule has 2 saturated heterocycles. The molecule has 36 heavy (non-hydrogen) atoms. The average molecular weight is 514 g/mol. The number of likely N-dealkylation sites (tertiary alicyclic amines) is 1. The van der Waals surface area contributed by atoms with E-state index in [1.165, 1.54) is 11.0 Å². The first-order chi connectivity index (χ1) is 17.4. The van der Waals surface area contributed by atoms with E-state index in [1.54, 1.807) is 59.5 Å². The Hall–Kier alpha value is -3.40. The Morgan fingerprint density at radius 3 is 2.61 bits per heavy atom. The van der Waals surface area contributed by atoms with E-state index < -0.39 is 12.3 Å². The third-order valence-corrected chi connectivity index (χ3v) is 6.09. The van der Waals surface area contributed by atoms with Crippen molar-refractivity contribution in [2.75, 3.05) is 43.1 Å². The summed E-state index contributed by atoms with van der Waals surface area (Å²) >= 11 is 5.91. The molecule has 2 aliphatic heterocycles. The first-order valence-corrected chi connectivity index (χ1v) is 12.1. The molecule has 2 aromatic rings. The number of benzene rings is 2. The number of carbonyl (C=O) groups excluding carboxylic acids is 3. The molecule has 9 nitrogen and oxygen atoms in total. The van der Waals surface area contributed by atoms with Crippen molar-refractivity contribution in [3.05, 3.63) is 65.2 Å². The molecule has 2 aliphatic rings. The zero-order chi connectivity index (χ0) is 25.5. The van der Waals surface area contributed by atoms with Crippen molar-refractivity contribution >= 4 is 47.0 Å². The molecule has 0 bridgehead atoms. The average Bonchev–Trinajstić information content (AvgIpc) is 3.26. The summed E-state index contributed by atoms with van der Waals surface area (Å²) in [4.78, 5) is 40.7. The summed E-state index contributed by atoms with van der Waals surface area (Å²) in [6, 6.07) is 14.0. The number of nitrogens with one attached hydrogen (secondary N) is 1. The summed E-state index contributed by atoms with van der Waals surface area (Å²) in [7, 11) is 0. The largest absolute Gasteiger partial charge is 0.425 e. The minimum absolute atomic E-state index is 0.0561. The first kappa shape index (κ1) is 25.7. The maximum atomic E-state index is 12.9. The van der Waals surface area contributed by atoms with Gasteiger partial charge in [0.1, 0.15) is 6.61 Å². The lowest BCUT2D eigenvalue weighted by molar-refractivity contribution is -0.132. The molecule has 0 aliphatic carbocycles. The highest BCUT2D eigenvalue weighted by atomic mass is 35.5. The van der Waals surface area contributed by atoms with Crippen molar-refractivity contribution in [1.29, 1.82) is 0 Å². The van der Waals surface area contributed by atoms with E-state index in [-0.39, 0.29) is 24.5 Å². The van der Waals surface area contributed by atoms with E-state index in [0.29, 0.717) is 43.4 Å². The lowest BCUT2D eigenvalue weighted by Gasteiger charge is -2.27. The van der Waals surface area contributed by atoms with E-state index in [2.05, 4.69) is 5.32 Å². The van der Waals surface area contributed by atoms with Crippen LogP contribution < -0.4 is 10.2 Å². The van der Waals surface area contributed by atoms with E-state index in [1.807, 2.05) is 6.92 Å². The normalized spacial score (nSPS) is 20.1. The second-order valence-electron chi connectivity index (χ2n) is 8.32. The van der Waals surface area contributed by atoms with Gasteiger partial charge in [0.25, 0.3) is 5.91 Å². The summed E-state index contributed by atoms with van der Waals surface area (Å²) in [5, 5.41) is 3.29. The molecule has 10 heteroatoms. The number of rotatable bonds is 7. The van der Waals surface area contributed by atoms with Crippen molar-refractivity contribution in [2.45, 2.75) is 25.7 Å². The SMILES string of the molecule is CCO[C@@H]1C[C@@H](OC(=O)Nc2ccc(N3CCOCC3=O)cc2)N(C(=O)/C=C/c2ccc(Cl)cc2)C1. The first-order valence-electron chi connectivity index (χ1n) is 11.7. The Labute approximate surface area is 214 Å². The van der Waals surface area contributed by atoms with Crippen LogP contribution in [0, 0.1) is 0 Å². The van der Waals surface area contributed by atoms with Gasteiger partial charge in [0.2, 0.25) is 5.91 Å². The maximum Gasteiger partial charge on any atom is 0.413 e. The van der Waals surface area contributed by atoms with Gasteiger partial charge in [-0.3, -0.25) is 14.9 Å². The van der Waals surface area contributed by atoms with E-state index >= 15 is 0 Å². The third-order valence-electron chi connectivity index (χ3n) is 5.84. The summed E-state index contributed by atoms with van der Waals surface area (Å²) < 4.78 is 16.4. The molecular weight excluding hydrogens is 486 g/mol. The second kappa shape index (κ2) is 12.0. The molecular formula is C26H28ClN3O6. The molecule has 0 unspecified atom stereocenters. The summed E-state index contributed by atoms with van der Waals surface area (Å²) in [6.07, 6.45) is 1.81. The molecule has 2 aromatic carbocycles. The monoisotopic (exact) mass is 513 g/mol. The van der Waals surface area contributed by atoms with E-state index in [0.717, 1.165) is 11.3 Å². The number of hydrogen-bond acceptors (Lipinski definition) is 6. The van der Waals surface area contributed by atoms with Crippen molar-refractivity contribution in [1.82, 2.24) is 4.90 Å². The Kier molecular flexibility index (Phi) is 8.58. The predicted molar refractivity (Wildman–Crippen MR) is 136 cm³/mol. The lowest BCUT2D eigenvalue weighted by Crippen LogP contribution is -2.41. The molecule has 3 amide bonds. The van der Waals surface area contributed by atoms with Crippen LogP contribution in [0.15, 0.2) is 54.6 Å². The molecule has 0 spiro atoms. The van der Waals surface area contributed by atoms with Crippen molar-refractivity contribution in [2.24, 2.45) is 0 Å². The molecule has 4 rings (SSSR count). The Morgan fingerprint density at radius 1 is 1.17 bits per heavy atom. The number of halogens is 1. The Balaban J connectivity index is 1.37. The zero-order valence-corrected chi connectivity index (χ0v) is 20.6. The second-order valence-corrected chi connectivity index (χ2v) is 8.75. The van der Waals surface area contributed by atoms with Crippen LogP contribution in [0.25, 0.3) is 6.08 Å². The van der Waals surface area contributed by atoms with Gasteiger partial charge < -0.3 is 24.0 Å². The number of nitrogens with zero attached hydrogens (tertiary/aromatic N) is 2. The Bertz CT molecular complexity index is 1110. The standard InChI is InChI=1S/C26H28ClN3O6/c1-2-35-22-15-25(30(16-22)23(31)12-5-18-3-6-19(27)7-4-18)36-26(33)28-20-8-10-21(11-9-20)29-13-14-34-17-24(29)32/h3-12,22,25H,2,13-17H2,1H3,(H,28,33)/b12-5+/t22-,25-/m1/s1. The molecule has 0 aromatic heterocycles. The molecule has 2 atom stereocenters. The quantitative estimate of drug-likeness (QED) is 0.563. The molecule has 2 fully saturated rings. The fraction of sp³-hybridized carbons (Fsp3) is 0.346. The number of hydrogen-bond donors (Lipinski definition) is 1. The molecule has 2 heterocycles. The Morgan fingerprint density at radius 2 is 1.92 bits per heavy atom. The highest BCUT2D eigenvalue weighted by Gasteiger charge is 2.37. The van der Waals surface area contributed by atoms with Gasteiger partial charge in [-0.05, 0) is 55.0 Å². The summed E-state index contributed by atoms with van der Waals surface area (Å²) in [6.45, 7) is 3.70. The van der Waals surface area contributed by atoms with Crippen LogP contribution in [0.4, 0.5) is 16.2 Å². The van der Waals surface area contributed by atoms with Crippen LogP contribution in [0.3, 0.4) is 0 Å². The van der Waals surface area contributed by atoms with Crippen LogP contribution in [-0.4, -0.2) is 68.0 Å².